The molecule has 18 heavy (non-hydrogen) atoms. The monoisotopic (exact) mass is 253 g/mol. The van der Waals surface area contributed by atoms with Crippen molar-refractivity contribution in [3.8, 4) is 0 Å². The van der Waals surface area contributed by atoms with E-state index >= 15 is 0 Å². The predicted octanol–water partition coefficient (Wildman–Crippen LogP) is 1.61. The third-order valence-corrected chi connectivity index (χ3v) is 2.50. The number of carbonyl (C=O) groups excluding carboxylic acids is 1. The maximum atomic E-state index is 11.6. The number of hydrogen-bond donors (Lipinski definition) is 1. The number of ether oxygens (including phenoxy) is 3. The number of rotatable bonds is 6. The topological polar surface area (TPSA) is 70.8 Å². The van der Waals surface area contributed by atoms with Gasteiger partial charge in [-0.05, 0) is 18.6 Å². The molecular formula is C13H19NO4. The smallest absolute Gasteiger partial charge is 0.340 e. The van der Waals surface area contributed by atoms with E-state index in [1.165, 1.54) is 7.11 Å². The zero-order valence-electron chi connectivity index (χ0n) is 10.9. The number of nitrogens with two attached hydrogens (primary N) is 1. The molecule has 1 aromatic carbocycles. The van der Waals surface area contributed by atoms with E-state index in [1.54, 1.807) is 25.3 Å². The van der Waals surface area contributed by atoms with E-state index in [9.17, 15) is 4.79 Å². The molecule has 2 N–H and O–H groups in total. The number of esters is 1. The molecule has 1 unspecified atom stereocenters. The molecule has 1 atom stereocenters. The van der Waals surface area contributed by atoms with Crippen LogP contribution in [0.15, 0.2) is 18.2 Å². The Morgan fingerprint density at radius 2 is 2.11 bits per heavy atom. The fourth-order valence-corrected chi connectivity index (χ4v) is 1.61. The molecule has 0 bridgehead atoms. The van der Waals surface area contributed by atoms with E-state index in [2.05, 4.69) is 0 Å². The molecule has 0 amide bonds. The lowest BCUT2D eigenvalue weighted by Crippen LogP contribution is -2.16. The highest BCUT2D eigenvalue weighted by Gasteiger charge is 2.16. The molecule has 1 aromatic rings. The van der Waals surface area contributed by atoms with E-state index in [-0.39, 0.29) is 6.10 Å². The quantitative estimate of drug-likeness (QED) is 0.616. The van der Waals surface area contributed by atoms with Gasteiger partial charge in [-0.2, -0.15) is 0 Å². The summed E-state index contributed by atoms with van der Waals surface area (Å²) in [6, 6.07) is 5.23. The van der Waals surface area contributed by atoms with Gasteiger partial charge in [-0.3, -0.25) is 0 Å². The van der Waals surface area contributed by atoms with Crippen LogP contribution in [0.25, 0.3) is 0 Å². The molecule has 0 saturated heterocycles. The van der Waals surface area contributed by atoms with Gasteiger partial charge >= 0.3 is 5.97 Å². The van der Waals surface area contributed by atoms with Crippen molar-refractivity contribution in [1.82, 2.24) is 0 Å². The summed E-state index contributed by atoms with van der Waals surface area (Å²) in [7, 11) is 2.94. The molecule has 100 valence electrons. The normalized spacial score (nSPS) is 12.2. The van der Waals surface area contributed by atoms with Crippen LogP contribution in [-0.2, 0) is 20.8 Å². The maximum Gasteiger partial charge on any atom is 0.340 e. The second kappa shape index (κ2) is 6.98. The average molecular weight is 253 g/mol. The van der Waals surface area contributed by atoms with Gasteiger partial charge in [-0.15, -0.1) is 0 Å². The maximum absolute atomic E-state index is 11.6. The predicted molar refractivity (Wildman–Crippen MR) is 68.3 cm³/mol. The Kier molecular flexibility index (Phi) is 5.61. The minimum Gasteiger partial charge on any atom is -0.465 e. The summed E-state index contributed by atoms with van der Waals surface area (Å²) in [6.07, 6.45) is -0.0538. The van der Waals surface area contributed by atoms with Gasteiger partial charge < -0.3 is 19.9 Å². The average Bonchev–Trinajstić information content (AvgIpc) is 2.36. The van der Waals surface area contributed by atoms with Gasteiger partial charge in [-0.1, -0.05) is 12.1 Å². The van der Waals surface area contributed by atoms with Crippen molar-refractivity contribution in [2.24, 2.45) is 0 Å². The van der Waals surface area contributed by atoms with Crippen molar-refractivity contribution in [2.45, 2.75) is 19.6 Å². The van der Waals surface area contributed by atoms with E-state index in [1.807, 2.05) is 6.92 Å². The zero-order chi connectivity index (χ0) is 13.5. The second-order valence-corrected chi connectivity index (χ2v) is 3.95. The van der Waals surface area contributed by atoms with Crippen molar-refractivity contribution in [3.63, 3.8) is 0 Å². The van der Waals surface area contributed by atoms with Crippen LogP contribution in [0.5, 0.6) is 0 Å². The number of carbonyl (C=O) groups is 1. The van der Waals surface area contributed by atoms with Crippen LogP contribution in [0, 0.1) is 0 Å². The number of methoxy groups -OCH3 is 2. The molecule has 0 aliphatic rings. The first-order valence-electron chi connectivity index (χ1n) is 5.66. The number of anilines is 1. The molecule has 0 aromatic heterocycles. The van der Waals surface area contributed by atoms with Gasteiger partial charge in [-0.25, -0.2) is 4.79 Å². The highest BCUT2D eigenvalue weighted by atomic mass is 16.5. The van der Waals surface area contributed by atoms with Crippen LogP contribution < -0.4 is 5.73 Å². The third-order valence-electron chi connectivity index (χ3n) is 2.50. The van der Waals surface area contributed by atoms with Gasteiger partial charge in [0.1, 0.15) is 0 Å². The second-order valence-electron chi connectivity index (χ2n) is 3.95. The minimum absolute atomic E-state index is 0.0538. The van der Waals surface area contributed by atoms with Gasteiger partial charge in [0.15, 0.2) is 0 Å². The Morgan fingerprint density at radius 3 is 2.72 bits per heavy atom. The summed E-state index contributed by atoms with van der Waals surface area (Å²) in [5, 5.41) is 0. The summed E-state index contributed by atoms with van der Waals surface area (Å²) < 4.78 is 15.3. The molecule has 5 heteroatoms. The Bertz CT molecular complexity index is 406. The largest absolute Gasteiger partial charge is 0.465 e. The first kappa shape index (κ1) is 14.5. The highest BCUT2D eigenvalue weighted by Crippen LogP contribution is 2.19. The standard InChI is InChI=1S/C13H19NO4/c1-9(7-16-2)18-8-10-5-4-6-11(14)12(10)13(15)17-3/h4-6,9H,7-8,14H2,1-3H3. The molecule has 0 spiro atoms. The van der Waals surface area contributed by atoms with Crippen LogP contribution >= 0.6 is 0 Å². The van der Waals surface area contributed by atoms with E-state index in [4.69, 9.17) is 19.9 Å². The molecule has 0 aliphatic carbocycles. The molecule has 5 nitrogen and oxygen atoms in total. The van der Waals surface area contributed by atoms with E-state index < -0.39 is 5.97 Å². The fourth-order valence-electron chi connectivity index (χ4n) is 1.61. The summed E-state index contributed by atoms with van der Waals surface area (Å²) in [4.78, 5) is 11.6. The Hall–Kier alpha value is -1.59. The number of benzene rings is 1. The Balaban J connectivity index is 2.82. The van der Waals surface area contributed by atoms with Gasteiger partial charge in [0.05, 0.1) is 32.0 Å². The first-order chi connectivity index (χ1) is 8.60. The van der Waals surface area contributed by atoms with Crippen LogP contribution in [-0.4, -0.2) is 32.9 Å². The molecular weight excluding hydrogens is 234 g/mol. The van der Waals surface area contributed by atoms with Crippen LogP contribution in [0.4, 0.5) is 5.69 Å². The van der Waals surface area contributed by atoms with Crippen LogP contribution in [0.3, 0.4) is 0 Å². The zero-order valence-corrected chi connectivity index (χ0v) is 10.9. The van der Waals surface area contributed by atoms with Crippen molar-refractivity contribution in [1.29, 1.82) is 0 Å². The van der Waals surface area contributed by atoms with Crippen molar-refractivity contribution in [2.75, 3.05) is 26.6 Å². The van der Waals surface area contributed by atoms with E-state index in [0.717, 1.165) is 0 Å². The third kappa shape index (κ3) is 3.72. The fraction of sp³-hybridized carbons (Fsp3) is 0.462. The Morgan fingerprint density at radius 1 is 1.39 bits per heavy atom. The molecule has 0 fully saturated rings. The van der Waals surface area contributed by atoms with Gasteiger partial charge in [0.2, 0.25) is 0 Å². The van der Waals surface area contributed by atoms with Crippen molar-refractivity contribution >= 4 is 11.7 Å². The molecule has 0 saturated carbocycles. The lowest BCUT2D eigenvalue weighted by atomic mass is 10.1. The van der Waals surface area contributed by atoms with E-state index in [0.29, 0.717) is 30.0 Å². The minimum atomic E-state index is -0.453. The summed E-state index contributed by atoms with van der Waals surface area (Å²) >= 11 is 0. The summed E-state index contributed by atoms with van der Waals surface area (Å²) in [6.45, 7) is 2.68. The van der Waals surface area contributed by atoms with Crippen molar-refractivity contribution < 1.29 is 19.0 Å². The van der Waals surface area contributed by atoms with Crippen molar-refractivity contribution in [3.05, 3.63) is 29.3 Å². The molecule has 1 rings (SSSR count). The number of hydrogen-bond acceptors (Lipinski definition) is 5. The number of nitrogen functional groups attached to an aromatic ring is 1. The van der Waals surface area contributed by atoms with Gasteiger partial charge in [0, 0.05) is 12.8 Å². The lowest BCUT2D eigenvalue weighted by Gasteiger charge is -2.14. The molecule has 0 radical (unpaired) electrons. The first-order valence-corrected chi connectivity index (χ1v) is 5.66. The Labute approximate surface area is 107 Å². The summed E-state index contributed by atoms with van der Waals surface area (Å²) in [5.74, 6) is -0.453. The lowest BCUT2D eigenvalue weighted by molar-refractivity contribution is -0.000586. The van der Waals surface area contributed by atoms with Crippen LogP contribution in [0.1, 0.15) is 22.8 Å². The molecule has 0 heterocycles. The van der Waals surface area contributed by atoms with Crippen LogP contribution in [0.2, 0.25) is 0 Å². The van der Waals surface area contributed by atoms with Gasteiger partial charge in [0.25, 0.3) is 0 Å². The molecule has 0 aliphatic heterocycles. The highest BCUT2D eigenvalue weighted by molar-refractivity contribution is 5.96. The summed E-state index contributed by atoms with van der Waals surface area (Å²) in [5.41, 5.74) is 7.25. The SMILES string of the molecule is COCC(C)OCc1cccc(N)c1C(=O)OC.